The summed E-state index contributed by atoms with van der Waals surface area (Å²) in [5.41, 5.74) is 4.17. The highest BCUT2D eigenvalue weighted by molar-refractivity contribution is 7.77. The molecule has 0 spiro atoms. The molecule has 0 amide bonds. The Bertz CT molecular complexity index is 1040. The van der Waals surface area contributed by atoms with Crippen LogP contribution in [-0.4, -0.2) is 43.1 Å². The van der Waals surface area contributed by atoms with Crippen molar-refractivity contribution in [2.45, 2.75) is 32.7 Å². The van der Waals surface area contributed by atoms with Crippen LogP contribution in [-0.2, 0) is 22.0 Å². The molecule has 9 heteroatoms. The van der Waals surface area contributed by atoms with Gasteiger partial charge < -0.3 is 14.7 Å². The summed E-state index contributed by atoms with van der Waals surface area (Å²) in [6.45, 7) is 3.24. The first-order chi connectivity index (χ1) is 14.6. The van der Waals surface area contributed by atoms with Gasteiger partial charge in [0.2, 0.25) is 11.3 Å². The first kappa shape index (κ1) is 23.7. The molecule has 3 aromatic heterocycles. The zero-order valence-electron chi connectivity index (χ0n) is 17.5. The molecule has 0 saturated carbocycles. The number of aromatic nitrogens is 4. The topological polar surface area (TPSA) is 119 Å². The number of nitrogens with two attached hydrogens (primary N) is 1. The van der Waals surface area contributed by atoms with Crippen LogP contribution in [0.5, 0.6) is 0 Å². The average molecular weight is 432 g/mol. The molecule has 0 radical (unpaired) electrons. The molecule has 3 heterocycles. The molecule has 4 N–H and O–H groups in total. The maximum absolute atomic E-state index is 9.48. The number of para-hydroxylation sites is 1. The van der Waals surface area contributed by atoms with Crippen molar-refractivity contribution in [2.24, 2.45) is 5.14 Å². The van der Waals surface area contributed by atoms with Gasteiger partial charge in [-0.25, -0.2) is 19.3 Å². The number of fused-ring (bicyclic) bond motifs is 2. The van der Waals surface area contributed by atoms with Gasteiger partial charge in [0.05, 0.1) is 18.5 Å². The standard InChI is InChI=1S/C19H20N4.CH5NO2S.CH4O/c1-2-3-6-10-23-11-9-15-18(20-13-21-19(15)23)17-12-14-7-4-5-8-16(14)22-17;1-4-5(2)3;1-2/h4-5,7-9,11-13,22H,2-3,6,10H2,1H3;2H2,1H3;2H,1H3. The largest absolute Gasteiger partial charge is 0.400 e. The summed E-state index contributed by atoms with van der Waals surface area (Å²) >= 11 is -1.57. The Morgan fingerprint density at radius 2 is 1.93 bits per heavy atom. The Morgan fingerprint density at radius 1 is 1.20 bits per heavy atom. The van der Waals surface area contributed by atoms with Gasteiger partial charge >= 0.3 is 0 Å². The van der Waals surface area contributed by atoms with E-state index in [2.05, 4.69) is 72.3 Å². The number of benzene rings is 1. The van der Waals surface area contributed by atoms with Crippen LogP contribution in [0.3, 0.4) is 0 Å². The number of aliphatic hydroxyl groups is 1. The predicted molar refractivity (Wildman–Crippen MR) is 122 cm³/mol. The monoisotopic (exact) mass is 431 g/mol. The van der Waals surface area contributed by atoms with Gasteiger partial charge in [-0.3, -0.25) is 4.18 Å². The number of rotatable bonds is 6. The molecule has 1 unspecified atom stereocenters. The molecule has 0 bridgehead atoms. The Balaban J connectivity index is 0.000000404. The van der Waals surface area contributed by atoms with E-state index in [4.69, 9.17) is 5.11 Å². The van der Waals surface area contributed by atoms with Gasteiger partial charge in [0.15, 0.2) is 0 Å². The van der Waals surface area contributed by atoms with E-state index < -0.39 is 11.3 Å². The summed E-state index contributed by atoms with van der Waals surface area (Å²) < 4.78 is 15.7. The zero-order valence-corrected chi connectivity index (χ0v) is 18.4. The molecule has 1 atom stereocenters. The molecule has 0 aliphatic heterocycles. The Morgan fingerprint density at radius 3 is 2.60 bits per heavy atom. The lowest BCUT2D eigenvalue weighted by molar-refractivity contribution is 0.399. The lowest BCUT2D eigenvalue weighted by atomic mass is 10.2. The molecule has 0 aliphatic carbocycles. The number of hydrogen-bond donors (Lipinski definition) is 3. The highest BCUT2D eigenvalue weighted by atomic mass is 32.2. The number of hydrogen-bond acceptors (Lipinski definition) is 5. The maximum atomic E-state index is 9.48. The maximum Gasteiger partial charge on any atom is 0.231 e. The van der Waals surface area contributed by atoms with Crippen molar-refractivity contribution in [3.63, 3.8) is 0 Å². The highest BCUT2D eigenvalue weighted by Gasteiger charge is 2.12. The van der Waals surface area contributed by atoms with E-state index in [0.717, 1.165) is 41.6 Å². The Labute approximate surface area is 178 Å². The minimum Gasteiger partial charge on any atom is -0.400 e. The normalized spacial score (nSPS) is 11.5. The van der Waals surface area contributed by atoms with Crippen molar-refractivity contribution >= 4 is 33.2 Å². The Hall–Kier alpha value is -2.59. The Kier molecular flexibility index (Phi) is 9.62. The third-order valence-electron chi connectivity index (χ3n) is 4.51. The van der Waals surface area contributed by atoms with E-state index in [9.17, 15) is 4.21 Å². The summed E-state index contributed by atoms with van der Waals surface area (Å²) in [6.07, 6.45) is 7.46. The summed E-state index contributed by atoms with van der Waals surface area (Å²) in [4.78, 5) is 12.5. The summed E-state index contributed by atoms with van der Waals surface area (Å²) in [7, 11) is 2.27. The molecule has 8 nitrogen and oxygen atoms in total. The van der Waals surface area contributed by atoms with Gasteiger partial charge in [-0.05, 0) is 24.6 Å². The van der Waals surface area contributed by atoms with Gasteiger partial charge in [0.1, 0.15) is 12.0 Å². The van der Waals surface area contributed by atoms with Crippen molar-refractivity contribution in [2.75, 3.05) is 14.2 Å². The zero-order chi connectivity index (χ0) is 21.9. The lowest BCUT2D eigenvalue weighted by Crippen LogP contribution is -2.02. The van der Waals surface area contributed by atoms with Crippen molar-refractivity contribution < 1.29 is 13.5 Å². The molecule has 162 valence electrons. The van der Waals surface area contributed by atoms with Crippen molar-refractivity contribution in [3.8, 4) is 11.4 Å². The van der Waals surface area contributed by atoms with Crippen LogP contribution in [0.1, 0.15) is 26.2 Å². The summed E-state index contributed by atoms with van der Waals surface area (Å²) in [5.74, 6) is 0. The van der Waals surface area contributed by atoms with Crippen LogP contribution in [0, 0.1) is 0 Å². The van der Waals surface area contributed by atoms with Gasteiger partial charge in [-0.2, -0.15) is 0 Å². The second kappa shape index (κ2) is 12.2. The number of aliphatic hydroxyl groups excluding tert-OH is 1. The molecule has 30 heavy (non-hydrogen) atoms. The lowest BCUT2D eigenvalue weighted by Gasteiger charge is -2.05. The number of nitrogens with zero attached hydrogens (tertiary/aromatic N) is 3. The smallest absolute Gasteiger partial charge is 0.231 e. The molecule has 4 aromatic rings. The van der Waals surface area contributed by atoms with E-state index in [0.29, 0.717) is 0 Å². The molecule has 0 saturated heterocycles. The fourth-order valence-electron chi connectivity index (χ4n) is 3.13. The second-order valence-corrected chi connectivity index (χ2v) is 7.23. The first-order valence-electron chi connectivity index (χ1n) is 9.67. The SMILES string of the molecule is CCCCCn1ccc2c(-c3cc4ccccc4[nH]3)ncnc21.CO.COS(N)=O. The van der Waals surface area contributed by atoms with Crippen LogP contribution in [0.4, 0.5) is 0 Å². The third-order valence-corrected chi connectivity index (χ3v) is 4.84. The minimum absolute atomic E-state index is 0.973. The van der Waals surface area contributed by atoms with Gasteiger partial charge in [0.25, 0.3) is 0 Å². The first-order valence-corrected chi connectivity index (χ1v) is 10.8. The van der Waals surface area contributed by atoms with Crippen LogP contribution >= 0.6 is 0 Å². The van der Waals surface area contributed by atoms with E-state index >= 15 is 0 Å². The average Bonchev–Trinajstić information content (AvgIpc) is 3.40. The van der Waals surface area contributed by atoms with Crippen LogP contribution < -0.4 is 5.14 Å². The quantitative estimate of drug-likeness (QED) is 0.403. The van der Waals surface area contributed by atoms with Crippen molar-refractivity contribution in [1.29, 1.82) is 0 Å². The third kappa shape index (κ3) is 5.96. The number of unbranched alkanes of at least 4 members (excludes halogenated alkanes) is 2. The van der Waals surface area contributed by atoms with Crippen molar-refractivity contribution in [3.05, 3.63) is 48.9 Å². The van der Waals surface area contributed by atoms with Crippen molar-refractivity contribution in [1.82, 2.24) is 19.5 Å². The fraction of sp³-hybridized carbons (Fsp3) is 0.333. The van der Waals surface area contributed by atoms with Gasteiger partial charge in [-0.15, -0.1) is 0 Å². The minimum atomic E-state index is -1.57. The molecule has 0 fully saturated rings. The molecular weight excluding hydrogens is 402 g/mol. The second-order valence-electron chi connectivity index (χ2n) is 6.37. The number of aryl methyl sites for hydroxylation is 1. The van der Waals surface area contributed by atoms with Gasteiger partial charge in [0, 0.05) is 36.1 Å². The highest BCUT2D eigenvalue weighted by Crippen LogP contribution is 2.28. The summed E-state index contributed by atoms with van der Waals surface area (Å²) in [6, 6.07) is 12.6. The molecule has 4 rings (SSSR count). The van der Waals surface area contributed by atoms with E-state index in [1.165, 1.54) is 31.8 Å². The fourth-order valence-corrected chi connectivity index (χ4v) is 3.13. The number of aromatic amines is 1. The predicted octanol–water partition coefficient (Wildman–Crippen LogP) is 3.55. The molecular formula is C21H29N5O3S. The van der Waals surface area contributed by atoms with E-state index in [1.807, 2.05) is 6.07 Å². The van der Waals surface area contributed by atoms with Crippen LogP contribution in [0.15, 0.2) is 48.9 Å². The van der Waals surface area contributed by atoms with Crippen LogP contribution in [0.25, 0.3) is 33.3 Å². The van der Waals surface area contributed by atoms with Gasteiger partial charge in [-0.1, -0.05) is 38.0 Å². The van der Waals surface area contributed by atoms with E-state index in [-0.39, 0.29) is 0 Å². The summed E-state index contributed by atoms with van der Waals surface area (Å²) in [5, 5.41) is 13.9. The number of H-pyrrole nitrogens is 1. The molecule has 1 aromatic carbocycles. The number of nitrogens with one attached hydrogen (secondary N) is 1. The van der Waals surface area contributed by atoms with E-state index in [1.54, 1.807) is 6.33 Å². The molecule has 0 aliphatic rings. The van der Waals surface area contributed by atoms with Crippen LogP contribution in [0.2, 0.25) is 0 Å².